The maximum atomic E-state index is 11.4. The Morgan fingerprint density at radius 2 is 2.00 bits per heavy atom. The minimum absolute atomic E-state index is 0.177. The van der Waals surface area contributed by atoms with E-state index in [0.29, 0.717) is 5.56 Å². The van der Waals surface area contributed by atoms with E-state index in [1.807, 2.05) is 12.1 Å². The lowest BCUT2D eigenvalue weighted by Crippen LogP contribution is -2.26. The fourth-order valence-corrected chi connectivity index (χ4v) is 3.66. The molecule has 1 N–H and O–H groups in total. The maximum absolute atomic E-state index is 11.4. The second-order valence-electron chi connectivity index (χ2n) is 6.52. The lowest BCUT2D eigenvalue weighted by molar-refractivity contribution is 0.0694. The largest absolute Gasteiger partial charge is 0.478 e. The van der Waals surface area contributed by atoms with Gasteiger partial charge in [0.2, 0.25) is 0 Å². The van der Waals surface area contributed by atoms with Crippen LogP contribution in [0.1, 0.15) is 80.1 Å². The highest BCUT2D eigenvalue weighted by Gasteiger charge is 2.36. The number of carboxylic acid groups (broad SMARTS) is 1. The highest BCUT2D eigenvalue weighted by molar-refractivity contribution is 5.89. The van der Waals surface area contributed by atoms with Crippen molar-refractivity contribution in [3.63, 3.8) is 0 Å². The van der Waals surface area contributed by atoms with Crippen LogP contribution in [0.4, 0.5) is 0 Å². The van der Waals surface area contributed by atoms with Crippen LogP contribution >= 0.6 is 0 Å². The summed E-state index contributed by atoms with van der Waals surface area (Å²) >= 11 is 0. The summed E-state index contributed by atoms with van der Waals surface area (Å²) in [5, 5.41) is 18.9. The van der Waals surface area contributed by atoms with Crippen molar-refractivity contribution < 1.29 is 9.90 Å². The van der Waals surface area contributed by atoms with E-state index in [1.54, 1.807) is 12.1 Å². The van der Waals surface area contributed by atoms with Crippen LogP contribution in [0.15, 0.2) is 24.3 Å². The normalized spacial score (nSPS) is 24.6. The molecule has 0 heterocycles. The molecule has 0 bridgehead atoms. The number of nitriles is 1. The van der Waals surface area contributed by atoms with Crippen molar-refractivity contribution in [3.05, 3.63) is 35.4 Å². The number of nitrogens with zero attached hydrogens (tertiary/aromatic N) is 1. The molecule has 0 spiro atoms. The number of hydrogen-bond donors (Lipinski definition) is 1. The second-order valence-corrected chi connectivity index (χ2v) is 6.52. The molecule has 3 nitrogen and oxygen atoms in total. The summed E-state index contributed by atoms with van der Waals surface area (Å²) in [6.07, 6.45) is 8.11. The Labute approximate surface area is 133 Å². The van der Waals surface area contributed by atoms with Crippen molar-refractivity contribution in [2.45, 2.75) is 64.2 Å². The van der Waals surface area contributed by atoms with Gasteiger partial charge in [-0.25, -0.2) is 4.79 Å². The average molecular weight is 299 g/mol. The van der Waals surface area contributed by atoms with Gasteiger partial charge in [-0.15, -0.1) is 0 Å². The molecular formula is C19H25NO2. The summed E-state index contributed by atoms with van der Waals surface area (Å²) < 4.78 is 0. The summed E-state index contributed by atoms with van der Waals surface area (Å²) in [5.74, 6) is -0.574. The first kappa shape index (κ1) is 16.5. The van der Waals surface area contributed by atoms with E-state index in [4.69, 9.17) is 0 Å². The van der Waals surface area contributed by atoms with E-state index in [2.05, 4.69) is 13.0 Å². The van der Waals surface area contributed by atoms with Gasteiger partial charge in [0.25, 0.3) is 0 Å². The number of carbonyl (C=O) groups is 1. The molecule has 0 aromatic heterocycles. The van der Waals surface area contributed by atoms with Gasteiger partial charge in [0.05, 0.1) is 17.0 Å². The van der Waals surface area contributed by atoms with Gasteiger partial charge in [0, 0.05) is 0 Å². The molecule has 0 amide bonds. The van der Waals surface area contributed by atoms with E-state index in [0.717, 1.165) is 44.1 Å². The number of hydrogen-bond acceptors (Lipinski definition) is 2. The molecule has 1 aliphatic carbocycles. The fourth-order valence-electron chi connectivity index (χ4n) is 3.66. The minimum Gasteiger partial charge on any atom is -0.478 e. The van der Waals surface area contributed by atoms with E-state index in [1.165, 1.54) is 12.8 Å². The molecule has 1 saturated carbocycles. The smallest absolute Gasteiger partial charge is 0.335 e. The van der Waals surface area contributed by atoms with Crippen LogP contribution in [0.5, 0.6) is 0 Å². The Morgan fingerprint density at radius 1 is 1.32 bits per heavy atom. The summed E-state index contributed by atoms with van der Waals surface area (Å²) in [4.78, 5) is 11.4. The molecule has 3 heteroatoms. The summed E-state index contributed by atoms with van der Waals surface area (Å²) in [5.41, 5.74) is 1.18. The predicted molar refractivity (Wildman–Crippen MR) is 86.8 cm³/mol. The Bertz CT molecular complexity index is 551. The quantitative estimate of drug-likeness (QED) is 0.740. The Hall–Kier alpha value is -1.82. The SMILES string of the molecule is CCCCCC1(C#N)CCC(c2ccccc2C(=O)O)CC1. The van der Waals surface area contributed by atoms with Crippen molar-refractivity contribution in [1.82, 2.24) is 0 Å². The lowest BCUT2D eigenvalue weighted by atomic mass is 9.67. The first-order valence-electron chi connectivity index (χ1n) is 8.35. The Kier molecular flexibility index (Phi) is 5.60. The standard InChI is InChI=1S/C19H25NO2/c1-2-3-6-11-19(14-20)12-9-15(10-13-19)16-7-4-5-8-17(16)18(21)22/h4-5,7-8,15H,2-3,6,9-13H2,1H3,(H,21,22). The fraction of sp³-hybridized carbons (Fsp3) is 0.579. The van der Waals surface area contributed by atoms with Gasteiger partial charge >= 0.3 is 5.97 Å². The predicted octanol–water partition coefficient (Wildman–Crippen LogP) is 5.13. The van der Waals surface area contributed by atoms with Crippen LogP contribution < -0.4 is 0 Å². The average Bonchev–Trinajstić information content (AvgIpc) is 2.55. The second kappa shape index (κ2) is 7.45. The summed E-state index contributed by atoms with van der Waals surface area (Å²) in [7, 11) is 0. The van der Waals surface area contributed by atoms with Gasteiger partial charge in [0.15, 0.2) is 0 Å². The molecule has 2 rings (SSSR count). The molecule has 0 radical (unpaired) electrons. The summed E-state index contributed by atoms with van der Waals surface area (Å²) in [6, 6.07) is 9.88. The highest BCUT2D eigenvalue weighted by Crippen LogP contribution is 2.46. The van der Waals surface area contributed by atoms with Crippen LogP contribution in [-0.4, -0.2) is 11.1 Å². The molecule has 1 aliphatic rings. The molecular weight excluding hydrogens is 274 g/mol. The number of benzene rings is 1. The van der Waals surface area contributed by atoms with Crippen molar-refractivity contribution >= 4 is 5.97 Å². The highest BCUT2D eigenvalue weighted by atomic mass is 16.4. The van der Waals surface area contributed by atoms with Gasteiger partial charge in [0.1, 0.15) is 0 Å². The molecule has 22 heavy (non-hydrogen) atoms. The van der Waals surface area contributed by atoms with Crippen molar-refractivity contribution in [2.75, 3.05) is 0 Å². The van der Waals surface area contributed by atoms with E-state index >= 15 is 0 Å². The van der Waals surface area contributed by atoms with Gasteiger partial charge < -0.3 is 5.11 Å². The van der Waals surface area contributed by atoms with Gasteiger partial charge in [-0.3, -0.25) is 0 Å². The monoisotopic (exact) mass is 299 g/mol. The van der Waals surface area contributed by atoms with Crippen LogP contribution in [0.25, 0.3) is 0 Å². The zero-order valence-electron chi connectivity index (χ0n) is 13.3. The van der Waals surface area contributed by atoms with E-state index in [-0.39, 0.29) is 11.3 Å². The van der Waals surface area contributed by atoms with Crippen molar-refractivity contribution in [2.24, 2.45) is 5.41 Å². The van der Waals surface area contributed by atoms with Gasteiger partial charge in [-0.1, -0.05) is 44.4 Å². The number of rotatable bonds is 6. The minimum atomic E-state index is -0.851. The molecule has 0 saturated heterocycles. The number of unbranched alkanes of at least 4 members (excludes halogenated alkanes) is 2. The van der Waals surface area contributed by atoms with E-state index in [9.17, 15) is 15.2 Å². The number of aromatic carboxylic acids is 1. The third kappa shape index (κ3) is 3.68. The van der Waals surface area contributed by atoms with Gasteiger partial charge in [-0.05, 0) is 49.7 Å². The summed E-state index contributed by atoms with van der Waals surface area (Å²) in [6.45, 7) is 2.18. The Balaban J connectivity index is 2.06. The number of carboxylic acids is 1. The zero-order valence-corrected chi connectivity index (χ0v) is 13.3. The Morgan fingerprint density at radius 3 is 2.59 bits per heavy atom. The maximum Gasteiger partial charge on any atom is 0.335 e. The molecule has 1 aromatic carbocycles. The third-order valence-electron chi connectivity index (χ3n) is 5.07. The van der Waals surface area contributed by atoms with Crippen LogP contribution in [0.2, 0.25) is 0 Å². The first-order valence-corrected chi connectivity index (χ1v) is 8.35. The molecule has 0 unspecified atom stereocenters. The topological polar surface area (TPSA) is 61.1 Å². The van der Waals surface area contributed by atoms with E-state index < -0.39 is 5.97 Å². The molecule has 0 aliphatic heterocycles. The lowest BCUT2D eigenvalue weighted by Gasteiger charge is -2.35. The first-order chi connectivity index (χ1) is 10.6. The van der Waals surface area contributed by atoms with Crippen LogP contribution in [0.3, 0.4) is 0 Å². The molecule has 1 fully saturated rings. The van der Waals surface area contributed by atoms with Gasteiger partial charge in [-0.2, -0.15) is 5.26 Å². The third-order valence-corrected chi connectivity index (χ3v) is 5.07. The molecule has 0 atom stereocenters. The van der Waals surface area contributed by atoms with Crippen LogP contribution in [0, 0.1) is 16.7 Å². The van der Waals surface area contributed by atoms with Crippen molar-refractivity contribution in [1.29, 1.82) is 5.26 Å². The zero-order chi connectivity index (χ0) is 16.0. The van der Waals surface area contributed by atoms with Crippen LogP contribution in [-0.2, 0) is 0 Å². The molecule has 118 valence electrons. The molecule has 1 aromatic rings. The van der Waals surface area contributed by atoms with Crippen molar-refractivity contribution in [3.8, 4) is 6.07 Å².